The predicted molar refractivity (Wildman–Crippen MR) is 104 cm³/mol. The Morgan fingerprint density at radius 2 is 2.04 bits per heavy atom. The average Bonchev–Trinajstić information content (AvgIpc) is 3.04. The van der Waals surface area contributed by atoms with E-state index in [-0.39, 0.29) is 6.03 Å². The number of nitrogens with zero attached hydrogens (tertiary/aromatic N) is 1. The normalized spacial score (nSPS) is 18.2. The molecule has 5 heteroatoms. The fraction of sp³-hybridized carbons (Fsp3) is 0.421. The van der Waals surface area contributed by atoms with E-state index in [0.717, 1.165) is 44.6 Å². The monoisotopic (exact) mass is 360 g/mol. The molecule has 0 spiro atoms. The zero-order chi connectivity index (χ0) is 16.6. The molecule has 2 heterocycles. The lowest BCUT2D eigenvalue weighted by Gasteiger charge is -2.20. The molecule has 0 aliphatic carbocycles. The van der Waals surface area contributed by atoms with Crippen molar-refractivity contribution in [3.05, 3.63) is 58.3 Å². The van der Waals surface area contributed by atoms with Gasteiger partial charge >= 0.3 is 6.03 Å². The van der Waals surface area contributed by atoms with Crippen molar-refractivity contribution in [3.63, 3.8) is 0 Å². The molecule has 2 amide bonds. The lowest BCUT2D eigenvalue weighted by atomic mass is 10.1. The second kappa shape index (κ2) is 9.14. The van der Waals surface area contributed by atoms with Crippen LogP contribution in [-0.2, 0) is 6.42 Å². The van der Waals surface area contributed by atoms with Gasteiger partial charge in [0.25, 0.3) is 0 Å². The van der Waals surface area contributed by atoms with E-state index in [2.05, 4.69) is 47.1 Å². The van der Waals surface area contributed by atoms with Gasteiger partial charge in [-0.1, -0.05) is 36.4 Å². The van der Waals surface area contributed by atoms with Gasteiger partial charge in [0.2, 0.25) is 0 Å². The van der Waals surface area contributed by atoms with E-state index in [1.165, 1.54) is 10.4 Å². The first kappa shape index (κ1) is 17.4. The number of hydrogen-bond acceptors (Lipinski definition) is 3. The number of aryl methyl sites for hydroxylation is 1. The molecule has 0 bridgehead atoms. The van der Waals surface area contributed by atoms with Crippen molar-refractivity contribution >= 4 is 29.1 Å². The Balaban J connectivity index is 1.39. The third kappa shape index (κ3) is 5.02. The van der Waals surface area contributed by atoms with Crippen LogP contribution in [0.3, 0.4) is 0 Å². The van der Waals surface area contributed by atoms with E-state index >= 15 is 0 Å². The van der Waals surface area contributed by atoms with E-state index < -0.39 is 0 Å². The maximum atomic E-state index is 12.4. The number of nitrogens with one attached hydrogen (secondary N) is 1. The molecule has 0 saturated carbocycles. The van der Waals surface area contributed by atoms with E-state index in [9.17, 15) is 4.79 Å². The molecule has 1 aromatic heterocycles. The van der Waals surface area contributed by atoms with Crippen LogP contribution in [0.15, 0.2) is 47.8 Å². The number of thiophene rings is 1. The number of urea groups is 1. The zero-order valence-electron chi connectivity index (χ0n) is 13.8. The van der Waals surface area contributed by atoms with Crippen molar-refractivity contribution in [3.8, 4) is 0 Å². The Labute approximate surface area is 152 Å². The number of hydrogen-bond donors (Lipinski definition) is 1. The molecular weight excluding hydrogens is 336 g/mol. The minimum absolute atomic E-state index is 0.0930. The summed E-state index contributed by atoms with van der Waals surface area (Å²) in [5, 5.41) is 5.76. The van der Waals surface area contributed by atoms with Crippen molar-refractivity contribution in [2.45, 2.75) is 24.5 Å². The summed E-state index contributed by atoms with van der Waals surface area (Å²) in [6, 6.07) is 14.9. The van der Waals surface area contributed by atoms with Gasteiger partial charge in [-0.25, -0.2) is 4.79 Å². The van der Waals surface area contributed by atoms with Gasteiger partial charge in [-0.2, -0.15) is 11.8 Å². The Morgan fingerprint density at radius 1 is 1.17 bits per heavy atom. The summed E-state index contributed by atoms with van der Waals surface area (Å²) in [4.78, 5) is 15.8. The summed E-state index contributed by atoms with van der Waals surface area (Å²) >= 11 is 3.80. The third-order valence-electron chi connectivity index (χ3n) is 4.25. The summed E-state index contributed by atoms with van der Waals surface area (Å²) < 4.78 is 0. The highest BCUT2D eigenvalue weighted by atomic mass is 32.2. The van der Waals surface area contributed by atoms with Gasteiger partial charge in [-0.15, -0.1) is 11.3 Å². The summed E-state index contributed by atoms with van der Waals surface area (Å²) in [5.41, 5.74) is 1.33. The standard InChI is InChI=1S/C19H24N2OS2/c22-19(20-11-4-8-16-6-2-1-3-7-16)21-12-10-18(24-15-13-21)17-9-5-14-23-17/h1-3,5-7,9,14,18H,4,8,10-13,15H2,(H,20,22). The van der Waals surface area contributed by atoms with Crippen LogP contribution in [0.4, 0.5) is 4.79 Å². The fourth-order valence-electron chi connectivity index (χ4n) is 2.92. The van der Waals surface area contributed by atoms with E-state index in [4.69, 9.17) is 0 Å². The number of benzene rings is 1. The highest BCUT2D eigenvalue weighted by Gasteiger charge is 2.22. The number of carbonyl (C=O) groups excluding carboxylic acids is 1. The Kier molecular flexibility index (Phi) is 6.61. The highest BCUT2D eigenvalue weighted by molar-refractivity contribution is 7.99. The minimum atomic E-state index is 0.0930. The van der Waals surface area contributed by atoms with Crippen LogP contribution in [0.25, 0.3) is 0 Å². The average molecular weight is 361 g/mol. The molecular formula is C19H24N2OS2. The molecule has 1 aliphatic heterocycles. The van der Waals surface area contributed by atoms with Crippen molar-refractivity contribution in [2.24, 2.45) is 0 Å². The molecule has 24 heavy (non-hydrogen) atoms. The van der Waals surface area contributed by atoms with Crippen LogP contribution < -0.4 is 5.32 Å². The van der Waals surface area contributed by atoms with Crippen LogP contribution in [-0.4, -0.2) is 36.3 Å². The maximum Gasteiger partial charge on any atom is 0.317 e. The molecule has 0 radical (unpaired) electrons. The molecule has 128 valence electrons. The number of rotatable bonds is 5. The van der Waals surface area contributed by atoms with Gasteiger partial charge in [0, 0.05) is 35.5 Å². The molecule has 1 N–H and O–H groups in total. The van der Waals surface area contributed by atoms with E-state index in [1.807, 2.05) is 34.1 Å². The molecule has 1 fully saturated rings. The van der Waals surface area contributed by atoms with Gasteiger partial charge in [0.1, 0.15) is 0 Å². The number of amides is 2. The topological polar surface area (TPSA) is 32.3 Å². The summed E-state index contributed by atoms with van der Waals surface area (Å²) in [5.74, 6) is 1.01. The van der Waals surface area contributed by atoms with E-state index in [0.29, 0.717) is 5.25 Å². The zero-order valence-corrected chi connectivity index (χ0v) is 15.5. The summed E-state index contributed by atoms with van der Waals surface area (Å²) in [6.07, 6.45) is 3.04. The summed E-state index contributed by atoms with van der Waals surface area (Å²) in [6.45, 7) is 2.43. The largest absolute Gasteiger partial charge is 0.338 e. The predicted octanol–water partition coefficient (Wildman–Crippen LogP) is 4.57. The quantitative estimate of drug-likeness (QED) is 0.792. The molecule has 3 nitrogen and oxygen atoms in total. The molecule has 1 aromatic carbocycles. The molecule has 1 unspecified atom stereocenters. The van der Waals surface area contributed by atoms with Crippen molar-refractivity contribution in [1.82, 2.24) is 10.2 Å². The van der Waals surface area contributed by atoms with E-state index in [1.54, 1.807) is 0 Å². The Bertz CT molecular complexity index is 616. The minimum Gasteiger partial charge on any atom is -0.338 e. The molecule has 1 atom stereocenters. The smallest absolute Gasteiger partial charge is 0.317 e. The van der Waals surface area contributed by atoms with Crippen LogP contribution in [0, 0.1) is 0 Å². The van der Waals surface area contributed by atoms with Gasteiger partial charge in [0.05, 0.1) is 0 Å². The van der Waals surface area contributed by atoms with Crippen molar-refractivity contribution in [1.29, 1.82) is 0 Å². The van der Waals surface area contributed by atoms with Gasteiger partial charge in [-0.05, 0) is 36.3 Å². The lowest BCUT2D eigenvalue weighted by Crippen LogP contribution is -2.41. The van der Waals surface area contributed by atoms with Gasteiger partial charge in [-0.3, -0.25) is 0 Å². The van der Waals surface area contributed by atoms with Crippen LogP contribution in [0.1, 0.15) is 28.5 Å². The number of carbonyl (C=O) groups is 1. The second-order valence-electron chi connectivity index (χ2n) is 5.97. The first-order valence-corrected chi connectivity index (χ1v) is 10.5. The Hall–Kier alpha value is -1.46. The maximum absolute atomic E-state index is 12.4. The molecule has 3 rings (SSSR count). The van der Waals surface area contributed by atoms with Crippen molar-refractivity contribution < 1.29 is 4.79 Å². The summed E-state index contributed by atoms with van der Waals surface area (Å²) in [7, 11) is 0. The van der Waals surface area contributed by atoms with Crippen LogP contribution >= 0.6 is 23.1 Å². The van der Waals surface area contributed by atoms with Gasteiger partial charge in [0.15, 0.2) is 0 Å². The lowest BCUT2D eigenvalue weighted by molar-refractivity contribution is 0.201. The van der Waals surface area contributed by atoms with Crippen LogP contribution in [0.2, 0.25) is 0 Å². The fourth-order valence-corrected chi connectivity index (χ4v) is 5.16. The molecule has 1 aliphatic rings. The van der Waals surface area contributed by atoms with Gasteiger partial charge < -0.3 is 10.2 Å². The SMILES string of the molecule is O=C(NCCCc1ccccc1)N1CCSC(c2cccs2)CC1. The highest BCUT2D eigenvalue weighted by Crippen LogP contribution is 2.36. The molecule has 1 saturated heterocycles. The third-order valence-corrected chi connectivity index (χ3v) is 6.70. The first-order chi connectivity index (χ1) is 11.8. The second-order valence-corrected chi connectivity index (χ2v) is 8.26. The first-order valence-electron chi connectivity index (χ1n) is 8.54. The van der Waals surface area contributed by atoms with Crippen LogP contribution in [0.5, 0.6) is 0 Å². The van der Waals surface area contributed by atoms with Crippen molar-refractivity contribution in [2.75, 3.05) is 25.4 Å². The molecule has 2 aromatic rings. The Morgan fingerprint density at radius 3 is 2.83 bits per heavy atom. The number of thioether (sulfide) groups is 1.